The third kappa shape index (κ3) is 3.98. The van der Waals surface area contributed by atoms with Gasteiger partial charge in [-0.2, -0.15) is 0 Å². The van der Waals surface area contributed by atoms with Crippen LogP contribution in [0.1, 0.15) is 49.8 Å². The molecule has 0 unspecified atom stereocenters. The number of benzene rings is 1. The summed E-state index contributed by atoms with van der Waals surface area (Å²) in [5, 5.41) is 8.25. The van der Waals surface area contributed by atoms with Gasteiger partial charge in [-0.05, 0) is 43.4 Å². The van der Waals surface area contributed by atoms with E-state index in [9.17, 15) is 4.79 Å². The molecule has 6 heteroatoms. The lowest BCUT2D eigenvalue weighted by Gasteiger charge is -2.17. The molecule has 1 aromatic heterocycles. The number of aryl methyl sites for hydroxylation is 1. The number of hydrogen-bond acceptors (Lipinski definition) is 5. The number of thioether (sulfide) groups is 1. The molecule has 2 aromatic rings. The van der Waals surface area contributed by atoms with Gasteiger partial charge in [0.2, 0.25) is 17.7 Å². The van der Waals surface area contributed by atoms with Crippen LogP contribution in [0.5, 0.6) is 0 Å². The monoisotopic (exact) mass is 345 g/mol. The number of carbonyl (C=O) groups is 1. The number of anilines is 1. The van der Waals surface area contributed by atoms with E-state index in [1.54, 1.807) is 23.7 Å². The zero-order valence-corrected chi connectivity index (χ0v) is 15.0. The van der Waals surface area contributed by atoms with Crippen molar-refractivity contribution in [2.75, 3.05) is 18.2 Å². The highest BCUT2D eigenvalue weighted by Crippen LogP contribution is 2.33. The number of amides is 1. The molecule has 5 nitrogen and oxygen atoms in total. The van der Waals surface area contributed by atoms with Crippen molar-refractivity contribution in [1.29, 1.82) is 0 Å². The van der Waals surface area contributed by atoms with Gasteiger partial charge in [0.05, 0.1) is 0 Å². The summed E-state index contributed by atoms with van der Waals surface area (Å²) in [5.41, 5.74) is 0.898. The fraction of sp³-hybridized carbons (Fsp3) is 0.500. The molecule has 0 saturated heterocycles. The predicted octanol–water partition coefficient (Wildman–Crippen LogP) is 4.04. The van der Waals surface area contributed by atoms with E-state index >= 15 is 0 Å². The Morgan fingerprint density at radius 2 is 1.96 bits per heavy atom. The number of rotatable bonds is 6. The van der Waals surface area contributed by atoms with Gasteiger partial charge in [0.1, 0.15) is 0 Å². The topological polar surface area (TPSA) is 59.2 Å². The first kappa shape index (κ1) is 17.0. The summed E-state index contributed by atoms with van der Waals surface area (Å²) in [5.74, 6) is 1.78. The Kier molecular flexibility index (Phi) is 5.56. The van der Waals surface area contributed by atoms with E-state index in [0.717, 1.165) is 24.4 Å². The van der Waals surface area contributed by atoms with E-state index in [2.05, 4.69) is 10.2 Å². The molecular formula is C18H23N3O2S. The minimum atomic E-state index is 0.0486. The largest absolute Gasteiger partial charge is 0.425 e. The Bertz CT molecular complexity index is 678. The molecule has 0 aliphatic heterocycles. The Balaban J connectivity index is 1.54. The van der Waals surface area contributed by atoms with E-state index in [1.165, 1.54) is 17.7 Å². The lowest BCUT2D eigenvalue weighted by Crippen LogP contribution is -2.26. The van der Waals surface area contributed by atoms with Crippen molar-refractivity contribution in [1.82, 2.24) is 10.2 Å². The third-order valence-corrected chi connectivity index (χ3v) is 5.32. The maximum absolute atomic E-state index is 12.4. The quantitative estimate of drug-likeness (QED) is 0.739. The number of nitrogens with zero attached hydrogens (tertiary/aromatic N) is 3. The fourth-order valence-corrected chi connectivity index (χ4v) is 3.44. The summed E-state index contributed by atoms with van der Waals surface area (Å²) in [6.45, 7) is 0. The molecular weight excluding hydrogens is 322 g/mol. The summed E-state index contributed by atoms with van der Waals surface area (Å²) in [6.07, 6.45) is 7.64. The van der Waals surface area contributed by atoms with Gasteiger partial charge in [-0.3, -0.25) is 4.79 Å². The van der Waals surface area contributed by atoms with E-state index in [0.29, 0.717) is 24.7 Å². The summed E-state index contributed by atoms with van der Waals surface area (Å²) >= 11 is 1.69. The van der Waals surface area contributed by atoms with Crippen molar-refractivity contribution in [3.8, 4) is 0 Å². The van der Waals surface area contributed by atoms with Crippen LogP contribution < -0.4 is 4.90 Å². The predicted molar refractivity (Wildman–Crippen MR) is 95.5 cm³/mol. The lowest BCUT2D eigenvalue weighted by atomic mass is 10.1. The molecule has 24 heavy (non-hydrogen) atoms. The molecule has 0 spiro atoms. The van der Waals surface area contributed by atoms with Gasteiger partial charge in [-0.15, -0.1) is 22.0 Å². The molecule has 1 aliphatic carbocycles. The zero-order valence-electron chi connectivity index (χ0n) is 14.2. The van der Waals surface area contributed by atoms with Gasteiger partial charge in [-0.25, -0.2) is 0 Å². The summed E-state index contributed by atoms with van der Waals surface area (Å²) < 4.78 is 5.74. The number of hydrogen-bond donors (Lipinski definition) is 0. The van der Waals surface area contributed by atoms with Gasteiger partial charge < -0.3 is 9.32 Å². The van der Waals surface area contributed by atoms with Gasteiger partial charge >= 0.3 is 0 Å². The van der Waals surface area contributed by atoms with Crippen molar-refractivity contribution in [2.24, 2.45) is 0 Å². The first-order valence-corrected chi connectivity index (χ1v) is 9.62. The molecule has 1 amide bonds. The minimum absolute atomic E-state index is 0.0486. The first-order chi connectivity index (χ1) is 11.7. The molecule has 1 saturated carbocycles. The summed E-state index contributed by atoms with van der Waals surface area (Å²) in [4.78, 5) is 15.2. The molecule has 1 aromatic carbocycles. The molecule has 1 fully saturated rings. The molecule has 1 aliphatic rings. The van der Waals surface area contributed by atoms with E-state index in [1.807, 2.05) is 30.5 Å². The number of aromatic nitrogens is 2. The molecule has 1 heterocycles. The SMILES string of the molecule is CSc1ccc(N(C)C(=O)CCc2nnc(C3CCCC3)o2)cc1. The second-order valence-electron chi connectivity index (χ2n) is 6.17. The van der Waals surface area contributed by atoms with Crippen LogP contribution in [0.4, 0.5) is 5.69 Å². The van der Waals surface area contributed by atoms with Crippen molar-refractivity contribution < 1.29 is 9.21 Å². The first-order valence-electron chi connectivity index (χ1n) is 8.40. The van der Waals surface area contributed by atoms with Crippen LogP contribution in [0.2, 0.25) is 0 Å². The molecule has 3 rings (SSSR count). The number of carbonyl (C=O) groups excluding carboxylic acids is 1. The van der Waals surface area contributed by atoms with E-state index in [-0.39, 0.29) is 5.91 Å². The van der Waals surface area contributed by atoms with Crippen LogP contribution in [0.25, 0.3) is 0 Å². The van der Waals surface area contributed by atoms with Crippen LogP contribution in [0.3, 0.4) is 0 Å². The van der Waals surface area contributed by atoms with E-state index in [4.69, 9.17) is 4.42 Å². The average molecular weight is 345 g/mol. The third-order valence-electron chi connectivity index (χ3n) is 4.57. The van der Waals surface area contributed by atoms with Crippen molar-refractivity contribution in [2.45, 2.75) is 49.3 Å². The highest BCUT2D eigenvalue weighted by atomic mass is 32.2. The second kappa shape index (κ2) is 7.83. The maximum atomic E-state index is 12.4. The Hall–Kier alpha value is -1.82. The van der Waals surface area contributed by atoms with Gasteiger partial charge in [0.15, 0.2) is 0 Å². The Morgan fingerprint density at radius 1 is 1.25 bits per heavy atom. The fourth-order valence-electron chi connectivity index (χ4n) is 3.04. The van der Waals surface area contributed by atoms with Gasteiger partial charge in [0, 0.05) is 36.4 Å². The van der Waals surface area contributed by atoms with E-state index < -0.39 is 0 Å². The van der Waals surface area contributed by atoms with Gasteiger partial charge in [-0.1, -0.05) is 12.8 Å². The van der Waals surface area contributed by atoms with Crippen LogP contribution >= 0.6 is 11.8 Å². The standard InChI is InChI=1S/C18H23N3O2S/c1-21(14-7-9-15(24-2)10-8-14)17(22)12-11-16-19-20-18(23-16)13-5-3-4-6-13/h7-10,13H,3-6,11-12H2,1-2H3. The van der Waals surface area contributed by atoms with Crippen molar-refractivity contribution >= 4 is 23.4 Å². The molecule has 128 valence electrons. The van der Waals surface area contributed by atoms with Crippen molar-refractivity contribution in [3.63, 3.8) is 0 Å². The van der Waals surface area contributed by atoms with Crippen molar-refractivity contribution in [3.05, 3.63) is 36.0 Å². The highest BCUT2D eigenvalue weighted by Gasteiger charge is 2.23. The lowest BCUT2D eigenvalue weighted by molar-refractivity contribution is -0.118. The second-order valence-corrected chi connectivity index (χ2v) is 7.05. The smallest absolute Gasteiger partial charge is 0.227 e. The Morgan fingerprint density at radius 3 is 2.62 bits per heavy atom. The van der Waals surface area contributed by atoms with Crippen LogP contribution in [-0.2, 0) is 11.2 Å². The normalized spacial score (nSPS) is 14.9. The molecule has 0 N–H and O–H groups in total. The average Bonchev–Trinajstić information content (AvgIpc) is 3.30. The minimum Gasteiger partial charge on any atom is -0.425 e. The highest BCUT2D eigenvalue weighted by molar-refractivity contribution is 7.98. The van der Waals surface area contributed by atoms with Gasteiger partial charge in [0.25, 0.3) is 0 Å². The molecule has 0 atom stereocenters. The Labute approximate surface area is 146 Å². The maximum Gasteiger partial charge on any atom is 0.227 e. The van der Waals surface area contributed by atoms with Crippen LogP contribution in [0.15, 0.2) is 33.6 Å². The molecule has 0 radical (unpaired) electrons. The zero-order chi connectivity index (χ0) is 16.9. The summed E-state index contributed by atoms with van der Waals surface area (Å²) in [7, 11) is 1.80. The van der Waals surface area contributed by atoms with Crippen LogP contribution in [0, 0.1) is 0 Å². The summed E-state index contributed by atoms with van der Waals surface area (Å²) in [6, 6.07) is 7.98. The van der Waals surface area contributed by atoms with Crippen LogP contribution in [-0.4, -0.2) is 29.4 Å². The molecule has 0 bridgehead atoms.